The second-order valence-electron chi connectivity index (χ2n) is 4.71. The lowest BCUT2D eigenvalue weighted by Gasteiger charge is -2.29. The van der Waals surface area contributed by atoms with Gasteiger partial charge < -0.3 is 10.6 Å². The molecule has 2 unspecified atom stereocenters. The minimum absolute atomic E-state index is 0.191. The second kappa shape index (κ2) is 4.74. The number of piperidine rings is 1. The monoisotopic (exact) mass is 228 g/mol. The number of fused-ring (bicyclic) bond motifs is 2. The maximum Gasteiger partial charge on any atom is 0.239 e. The van der Waals surface area contributed by atoms with E-state index in [1.165, 1.54) is 19.3 Å². The van der Waals surface area contributed by atoms with Crippen LogP contribution in [-0.4, -0.2) is 41.4 Å². The summed E-state index contributed by atoms with van der Waals surface area (Å²) in [6, 6.07) is 0.250. The van der Waals surface area contributed by atoms with E-state index in [1.807, 2.05) is 4.90 Å². The van der Waals surface area contributed by atoms with Crippen LogP contribution < -0.4 is 5.73 Å². The Bertz CT molecular complexity index is 247. The van der Waals surface area contributed by atoms with Gasteiger partial charge in [-0.3, -0.25) is 4.79 Å². The fourth-order valence-corrected chi connectivity index (χ4v) is 3.27. The molecule has 1 heterocycles. The highest BCUT2D eigenvalue weighted by atomic mass is 32.2. The van der Waals surface area contributed by atoms with E-state index >= 15 is 0 Å². The van der Waals surface area contributed by atoms with Gasteiger partial charge in [-0.05, 0) is 43.6 Å². The average Bonchev–Trinajstić information content (AvgIpc) is 2.86. The van der Waals surface area contributed by atoms with Gasteiger partial charge in [0, 0.05) is 12.6 Å². The van der Waals surface area contributed by atoms with Gasteiger partial charge in [-0.2, -0.15) is 11.8 Å². The molecule has 0 aromatic rings. The number of likely N-dealkylation sites (tertiary alicyclic amines) is 1. The lowest BCUT2D eigenvalue weighted by Crippen LogP contribution is -2.47. The zero-order chi connectivity index (χ0) is 10.8. The molecular weight excluding hydrogens is 208 g/mol. The lowest BCUT2D eigenvalue weighted by molar-refractivity contribution is -0.134. The van der Waals surface area contributed by atoms with E-state index in [9.17, 15) is 4.79 Å². The Labute approximate surface area is 95.8 Å². The van der Waals surface area contributed by atoms with Crippen molar-refractivity contribution in [1.29, 1.82) is 0 Å². The Morgan fingerprint density at radius 1 is 1.60 bits per heavy atom. The van der Waals surface area contributed by atoms with Gasteiger partial charge in [0.15, 0.2) is 0 Å². The van der Waals surface area contributed by atoms with Crippen molar-refractivity contribution in [2.75, 3.05) is 18.6 Å². The van der Waals surface area contributed by atoms with Gasteiger partial charge in [0.1, 0.15) is 0 Å². The number of hydrogen-bond acceptors (Lipinski definition) is 3. The van der Waals surface area contributed by atoms with E-state index < -0.39 is 0 Å². The molecule has 1 saturated carbocycles. The molecule has 0 spiro atoms. The first-order chi connectivity index (χ1) is 7.22. The predicted molar refractivity (Wildman–Crippen MR) is 63.8 cm³/mol. The van der Waals surface area contributed by atoms with Crippen molar-refractivity contribution >= 4 is 17.7 Å². The zero-order valence-corrected chi connectivity index (χ0v) is 10.1. The third kappa shape index (κ3) is 2.31. The van der Waals surface area contributed by atoms with E-state index in [0.29, 0.717) is 6.04 Å². The minimum Gasteiger partial charge on any atom is -0.338 e. The first-order valence-corrected chi connectivity index (χ1v) is 7.16. The molecule has 0 radical (unpaired) electrons. The molecule has 3 nitrogen and oxygen atoms in total. The van der Waals surface area contributed by atoms with Crippen molar-refractivity contribution in [3.63, 3.8) is 0 Å². The van der Waals surface area contributed by atoms with Crippen molar-refractivity contribution in [1.82, 2.24) is 4.90 Å². The van der Waals surface area contributed by atoms with Crippen LogP contribution in [-0.2, 0) is 4.79 Å². The normalized spacial score (nSPS) is 30.9. The van der Waals surface area contributed by atoms with Crippen molar-refractivity contribution in [2.24, 2.45) is 11.7 Å². The van der Waals surface area contributed by atoms with Gasteiger partial charge in [0.05, 0.1) is 6.04 Å². The predicted octanol–water partition coefficient (Wildman–Crippen LogP) is 1.08. The van der Waals surface area contributed by atoms with Gasteiger partial charge in [-0.15, -0.1) is 0 Å². The molecular formula is C11H20N2OS. The summed E-state index contributed by atoms with van der Waals surface area (Å²) in [4.78, 5) is 14.1. The number of hydrogen-bond donors (Lipinski definition) is 1. The van der Waals surface area contributed by atoms with E-state index in [1.54, 1.807) is 11.8 Å². The van der Waals surface area contributed by atoms with Crippen molar-refractivity contribution in [2.45, 2.75) is 37.8 Å². The Kier molecular flexibility index (Phi) is 3.57. The van der Waals surface area contributed by atoms with Crippen molar-refractivity contribution < 1.29 is 4.79 Å². The van der Waals surface area contributed by atoms with E-state index in [4.69, 9.17) is 5.73 Å². The summed E-state index contributed by atoms with van der Waals surface area (Å²) < 4.78 is 0. The molecule has 1 saturated heterocycles. The highest BCUT2D eigenvalue weighted by molar-refractivity contribution is 7.98. The first kappa shape index (κ1) is 11.3. The second-order valence-corrected chi connectivity index (χ2v) is 5.70. The lowest BCUT2D eigenvalue weighted by atomic mass is 10.1. The molecule has 15 heavy (non-hydrogen) atoms. The zero-order valence-electron chi connectivity index (χ0n) is 9.32. The molecule has 2 N–H and O–H groups in total. The Morgan fingerprint density at radius 3 is 2.93 bits per heavy atom. The van der Waals surface area contributed by atoms with Crippen LogP contribution in [0.4, 0.5) is 0 Å². The highest BCUT2D eigenvalue weighted by Gasteiger charge is 2.41. The number of thioether (sulfide) groups is 1. The van der Waals surface area contributed by atoms with Gasteiger partial charge >= 0.3 is 0 Å². The molecule has 2 rings (SSSR count). The summed E-state index contributed by atoms with van der Waals surface area (Å²) in [5.41, 5.74) is 5.91. The fourth-order valence-electron chi connectivity index (χ4n) is 2.78. The maximum absolute atomic E-state index is 12.0. The quantitative estimate of drug-likeness (QED) is 0.783. The molecule has 4 heteroatoms. The fraction of sp³-hybridized carbons (Fsp3) is 0.909. The standard InChI is InChI=1S/C11H20N2OS/c1-15-5-4-10(12)11(14)13-7-8-2-3-9(13)6-8/h8-10H,2-7,12H2,1H3/t8?,9?,10-/m0/s1. The summed E-state index contributed by atoms with van der Waals surface area (Å²) >= 11 is 1.75. The van der Waals surface area contributed by atoms with Gasteiger partial charge in [-0.1, -0.05) is 0 Å². The Balaban J connectivity index is 1.85. The van der Waals surface area contributed by atoms with Crippen LogP contribution in [0.2, 0.25) is 0 Å². The topological polar surface area (TPSA) is 46.3 Å². The number of carbonyl (C=O) groups excluding carboxylic acids is 1. The largest absolute Gasteiger partial charge is 0.338 e. The minimum atomic E-state index is -0.267. The van der Waals surface area contributed by atoms with Crippen molar-refractivity contribution in [3.05, 3.63) is 0 Å². The highest BCUT2D eigenvalue weighted by Crippen LogP contribution is 2.37. The number of amides is 1. The Morgan fingerprint density at radius 2 is 2.40 bits per heavy atom. The van der Waals surface area contributed by atoms with Crippen molar-refractivity contribution in [3.8, 4) is 0 Å². The van der Waals surface area contributed by atoms with Crippen LogP contribution in [0.5, 0.6) is 0 Å². The summed E-state index contributed by atoms with van der Waals surface area (Å²) in [6.45, 7) is 0.969. The molecule has 86 valence electrons. The summed E-state index contributed by atoms with van der Waals surface area (Å²) in [7, 11) is 0. The average molecular weight is 228 g/mol. The van der Waals surface area contributed by atoms with Gasteiger partial charge in [0.25, 0.3) is 0 Å². The van der Waals surface area contributed by atoms with Crippen LogP contribution in [0.1, 0.15) is 25.7 Å². The molecule has 1 amide bonds. The maximum atomic E-state index is 12.0. The smallest absolute Gasteiger partial charge is 0.239 e. The van der Waals surface area contributed by atoms with Crippen LogP contribution in [0.25, 0.3) is 0 Å². The van der Waals surface area contributed by atoms with E-state index in [-0.39, 0.29) is 11.9 Å². The number of rotatable bonds is 4. The van der Waals surface area contributed by atoms with E-state index in [0.717, 1.165) is 24.6 Å². The molecule has 2 fully saturated rings. The molecule has 0 aromatic heterocycles. The molecule has 2 aliphatic rings. The number of nitrogens with two attached hydrogens (primary N) is 1. The van der Waals surface area contributed by atoms with Crippen LogP contribution >= 0.6 is 11.8 Å². The molecule has 0 aromatic carbocycles. The first-order valence-electron chi connectivity index (χ1n) is 5.77. The summed E-state index contributed by atoms with van der Waals surface area (Å²) in [5.74, 6) is 1.94. The van der Waals surface area contributed by atoms with Crippen LogP contribution in [0, 0.1) is 5.92 Å². The number of nitrogens with zero attached hydrogens (tertiary/aromatic N) is 1. The summed E-state index contributed by atoms with van der Waals surface area (Å²) in [5, 5.41) is 0. The van der Waals surface area contributed by atoms with Gasteiger partial charge in [0.2, 0.25) is 5.91 Å². The summed E-state index contributed by atoms with van der Waals surface area (Å²) in [6.07, 6.45) is 6.60. The van der Waals surface area contributed by atoms with Crippen LogP contribution in [0.3, 0.4) is 0 Å². The van der Waals surface area contributed by atoms with Crippen LogP contribution in [0.15, 0.2) is 0 Å². The molecule has 2 bridgehead atoms. The Hall–Kier alpha value is -0.220. The van der Waals surface area contributed by atoms with E-state index in [2.05, 4.69) is 6.26 Å². The third-order valence-electron chi connectivity index (χ3n) is 3.64. The van der Waals surface area contributed by atoms with Gasteiger partial charge in [-0.25, -0.2) is 0 Å². The molecule has 3 atom stereocenters. The SMILES string of the molecule is CSCC[C@H](N)C(=O)N1CC2CCC1C2. The molecule has 1 aliphatic carbocycles. The third-order valence-corrected chi connectivity index (χ3v) is 4.29. The molecule has 1 aliphatic heterocycles. The number of carbonyl (C=O) groups is 1.